The number of esters is 1. The smallest absolute Gasteiger partial charge is 0.307 e. The Morgan fingerprint density at radius 1 is 1.40 bits per heavy atom. The van der Waals surface area contributed by atoms with Crippen LogP contribution in [0.4, 0.5) is 0 Å². The van der Waals surface area contributed by atoms with Crippen LogP contribution in [0.1, 0.15) is 19.0 Å². The lowest BCUT2D eigenvalue weighted by molar-refractivity contribution is -0.142. The van der Waals surface area contributed by atoms with Gasteiger partial charge in [-0.3, -0.25) is 9.79 Å². The first-order valence-corrected chi connectivity index (χ1v) is 6.47. The molecule has 0 saturated heterocycles. The minimum atomic E-state index is -0.241. The van der Waals surface area contributed by atoms with Crippen molar-refractivity contribution < 1.29 is 14.1 Å². The molecule has 0 spiro atoms. The van der Waals surface area contributed by atoms with Crippen molar-refractivity contribution in [3.05, 3.63) is 42.1 Å². The van der Waals surface area contributed by atoms with Gasteiger partial charge >= 0.3 is 5.97 Å². The Bertz CT molecular complexity index is 576. The van der Waals surface area contributed by atoms with E-state index in [9.17, 15) is 4.79 Å². The minimum Gasteiger partial charge on any atom is -0.466 e. The number of rotatable bonds is 6. The highest BCUT2D eigenvalue weighted by molar-refractivity contribution is 5.79. The zero-order valence-corrected chi connectivity index (χ0v) is 11.3. The van der Waals surface area contributed by atoms with Gasteiger partial charge in [0.25, 0.3) is 0 Å². The van der Waals surface area contributed by atoms with Gasteiger partial charge in [-0.2, -0.15) is 0 Å². The van der Waals surface area contributed by atoms with Gasteiger partial charge in [0.2, 0.25) is 0 Å². The highest BCUT2D eigenvalue weighted by Crippen LogP contribution is 2.18. The molecule has 20 heavy (non-hydrogen) atoms. The van der Waals surface area contributed by atoms with Crippen LogP contribution >= 0.6 is 0 Å². The third kappa shape index (κ3) is 4.05. The predicted octanol–water partition coefficient (Wildman–Crippen LogP) is 2.71. The first-order chi connectivity index (χ1) is 9.79. The number of carbonyl (C=O) groups is 1. The molecule has 1 aromatic carbocycles. The van der Waals surface area contributed by atoms with Crippen molar-refractivity contribution in [3.63, 3.8) is 0 Å². The van der Waals surface area contributed by atoms with Crippen LogP contribution in [0.15, 0.2) is 45.9 Å². The molecule has 0 aliphatic rings. The van der Waals surface area contributed by atoms with Gasteiger partial charge in [0.1, 0.15) is 5.69 Å². The van der Waals surface area contributed by atoms with Crippen molar-refractivity contribution in [2.24, 2.45) is 4.99 Å². The van der Waals surface area contributed by atoms with E-state index in [1.165, 1.54) is 0 Å². The fourth-order valence-electron chi connectivity index (χ4n) is 1.64. The molecule has 0 aliphatic carbocycles. The predicted molar refractivity (Wildman–Crippen MR) is 75.7 cm³/mol. The molecule has 5 nitrogen and oxygen atoms in total. The summed E-state index contributed by atoms with van der Waals surface area (Å²) in [4.78, 5) is 15.2. The average molecular weight is 272 g/mol. The number of ether oxygens (including phenoxy) is 1. The molecule has 0 fully saturated rings. The number of carbonyl (C=O) groups excluding carboxylic acids is 1. The van der Waals surface area contributed by atoms with Gasteiger partial charge in [-0.15, -0.1) is 0 Å². The van der Waals surface area contributed by atoms with Crippen LogP contribution in [0.2, 0.25) is 0 Å². The molecule has 2 aromatic rings. The molecule has 0 atom stereocenters. The Kier molecular flexibility index (Phi) is 5.06. The third-order valence-corrected chi connectivity index (χ3v) is 2.56. The van der Waals surface area contributed by atoms with Crippen LogP contribution < -0.4 is 0 Å². The van der Waals surface area contributed by atoms with Gasteiger partial charge in [-0.05, 0) is 6.92 Å². The van der Waals surface area contributed by atoms with Gasteiger partial charge in [0, 0.05) is 18.2 Å². The molecule has 0 saturated carbocycles. The molecule has 104 valence electrons. The van der Waals surface area contributed by atoms with E-state index in [1.54, 1.807) is 13.1 Å². The molecule has 1 heterocycles. The minimum absolute atomic E-state index is 0.241. The number of benzene rings is 1. The highest BCUT2D eigenvalue weighted by Gasteiger charge is 2.04. The van der Waals surface area contributed by atoms with Crippen molar-refractivity contribution in [1.29, 1.82) is 0 Å². The van der Waals surface area contributed by atoms with Crippen molar-refractivity contribution in [3.8, 4) is 11.3 Å². The van der Waals surface area contributed by atoms with Gasteiger partial charge < -0.3 is 9.26 Å². The average Bonchev–Trinajstić information content (AvgIpc) is 2.94. The Morgan fingerprint density at radius 2 is 2.20 bits per heavy atom. The summed E-state index contributed by atoms with van der Waals surface area (Å²) in [7, 11) is 0. The highest BCUT2D eigenvalue weighted by atomic mass is 16.5. The fraction of sp³-hybridized carbons (Fsp3) is 0.267. The van der Waals surface area contributed by atoms with Crippen molar-refractivity contribution in [2.75, 3.05) is 13.2 Å². The van der Waals surface area contributed by atoms with Gasteiger partial charge in [0.05, 0.1) is 19.2 Å². The largest absolute Gasteiger partial charge is 0.466 e. The Balaban J connectivity index is 1.88. The van der Waals surface area contributed by atoms with E-state index in [-0.39, 0.29) is 12.4 Å². The normalized spacial score (nSPS) is 10.8. The first kappa shape index (κ1) is 14.0. The van der Waals surface area contributed by atoms with Crippen LogP contribution in [0.25, 0.3) is 11.3 Å². The van der Waals surface area contributed by atoms with E-state index >= 15 is 0 Å². The van der Waals surface area contributed by atoms with Crippen LogP contribution in [-0.2, 0) is 9.53 Å². The second-order valence-electron chi connectivity index (χ2n) is 4.07. The molecule has 0 N–H and O–H groups in total. The topological polar surface area (TPSA) is 64.7 Å². The lowest BCUT2D eigenvalue weighted by atomic mass is 10.2. The number of hydrogen-bond acceptors (Lipinski definition) is 5. The van der Waals surface area contributed by atoms with Gasteiger partial charge in [-0.25, -0.2) is 0 Å². The molecule has 1 aromatic heterocycles. The lowest BCUT2D eigenvalue weighted by Gasteiger charge is -1.97. The van der Waals surface area contributed by atoms with Crippen LogP contribution in [0.5, 0.6) is 0 Å². The summed E-state index contributed by atoms with van der Waals surface area (Å²) in [5.41, 5.74) is 1.60. The Morgan fingerprint density at radius 3 is 2.95 bits per heavy atom. The molecular weight excluding hydrogens is 256 g/mol. The SMILES string of the molecule is CCOC(=O)CCN=Cc1cc(-c2ccccc2)on1. The summed E-state index contributed by atoms with van der Waals surface area (Å²) in [6.45, 7) is 2.56. The number of aromatic nitrogens is 1. The maximum atomic E-state index is 11.1. The summed E-state index contributed by atoms with van der Waals surface area (Å²) in [6.07, 6.45) is 1.86. The van der Waals surface area contributed by atoms with E-state index in [2.05, 4.69) is 10.1 Å². The maximum absolute atomic E-state index is 11.1. The van der Waals surface area contributed by atoms with E-state index in [0.29, 0.717) is 24.6 Å². The molecular formula is C15H16N2O3. The Labute approximate surface area is 117 Å². The second kappa shape index (κ2) is 7.23. The number of nitrogens with zero attached hydrogens (tertiary/aromatic N) is 2. The van der Waals surface area contributed by atoms with Gasteiger partial charge in [0.15, 0.2) is 5.76 Å². The summed E-state index contributed by atoms with van der Waals surface area (Å²) in [5.74, 6) is 0.451. The molecule has 0 amide bonds. The monoisotopic (exact) mass is 272 g/mol. The quantitative estimate of drug-likeness (QED) is 0.599. The van der Waals surface area contributed by atoms with E-state index in [0.717, 1.165) is 5.56 Å². The Hall–Kier alpha value is -2.43. The molecule has 0 bridgehead atoms. The summed E-state index contributed by atoms with van der Waals surface area (Å²) in [6, 6.07) is 11.5. The second-order valence-corrected chi connectivity index (χ2v) is 4.07. The van der Waals surface area contributed by atoms with Crippen LogP contribution in [-0.4, -0.2) is 30.5 Å². The molecule has 0 radical (unpaired) electrons. The van der Waals surface area contributed by atoms with Crippen molar-refractivity contribution >= 4 is 12.2 Å². The molecule has 2 rings (SSSR count). The number of aliphatic imine (C=N–C) groups is 1. The lowest BCUT2D eigenvalue weighted by Crippen LogP contribution is -2.05. The van der Waals surface area contributed by atoms with Crippen molar-refractivity contribution in [2.45, 2.75) is 13.3 Å². The third-order valence-electron chi connectivity index (χ3n) is 2.56. The van der Waals surface area contributed by atoms with Crippen molar-refractivity contribution in [1.82, 2.24) is 5.16 Å². The number of hydrogen-bond donors (Lipinski definition) is 0. The first-order valence-electron chi connectivity index (χ1n) is 6.47. The van der Waals surface area contributed by atoms with Gasteiger partial charge in [-0.1, -0.05) is 35.5 Å². The maximum Gasteiger partial charge on any atom is 0.307 e. The zero-order valence-electron chi connectivity index (χ0n) is 11.3. The van der Waals surface area contributed by atoms with Crippen LogP contribution in [0.3, 0.4) is 0 Å². The molecule has 5 heteroatoms. The zero-order chi connectivity index (χ0) is 14.2. The summed E-state index contributed by atoms with van der Waals surface area (Å²) < 4.78 is 10.0. The summed E-state index contributed by atoms with van der Waals surface area (Å²) in [5, 5.41) is 3.91. The standard InChI is InChI=1S/C15H16N2O3/c1-2-19-15(18)8-9-16-11-13-10-14(20-17-13)12-6-4-3-5-7-12/h3-7,10-11H,2,8-9H2,1H3. The molecule has 0 aliphatic heterocycles. The van der Waals surface area contributed by atoms with E-state index in [4.69, 9.17) is 9.26 Å². The van der Waals surface area contributed by atoms with E-state index < -0.39 is 0 Å². The fourth-order valence-corrected chi connectivity index (χ4v) is 1.64. The van der Waals surface area contributed by atoms with E-state index in [1.807, 2.05) is 36.4 Å². The van der Waals surface area contributed by atoms with Crippen LogP contribution in [0, 0.1) is 0 Å². The molecule has 0 unspecified atom stereocenters. The summed E-state index contributed by atoms with van der Waals surface area (Å²) >= 11 is 0.